The van der Waals surface area contributed by atoms with Crippen LogP contribution in [0.5, 0.6) is 0 Å². The SMILES string of the molecule is CNC(c1sccc1Br)C(C)c1ccncc1. The lowest BCUT2D eigenvalue weighted by molar-refractivity contribution is 0.514. The molecule has 0 saturated heterocycles. The first-order chi connectivity index (χ1) is 8.24. The Balaban J connectivity index is 2.28. The molecule has 17 heavy (non-hydrogen) atoms. The minimum atomic E-state index is 0.326. The predicted octanol–water partition coefficient (Wildman–Crippen LogP) is 3.97. The van der Waals surface area contributed by atoms with Gasteiger partial charge in [-0.2, -0.15) is 0 Å². The molecule has 2 unspecified atom stereocenters. The summed E-state index contributed by atoms with van der Waals surface area (Å²) in [6, 6.07) is 6.59. The van der Waals surface area contributed by atoms with Gasteiger partial charge in [0.25, 0.3) is 0 Å². The quantitative estimate of drug-likeness (QED) is 0.924. The Morgan fingerprint density at radius 3 is 2.53 bits per heavy atom. The number of halogens is 1. The van der Waals surface area contributed by atoms with Gasteiger partial charge >= 0.3 is 0 Å². The molecule has 4 heteroatoms. The number of likely N-dealkylation sites (N-methyl/N-ethyl adjacent to an activating group) is 1. The van der Waals surface area contributed by atoms with Crippen LogP contribution in [0.4, 0.5) is 0 Å². The molecule has 0 spiro atoms. The Labute approximate surface area is 114 Å². The van der Waals surface area contributed by atoms with Gasteiger partial charge in [0.05, 0.1) is 0 Å². The van der Waals surface area contributed by atoms with Crippen molar-refractivity contribution in [2.24, 2.45) is 0 Å². The second-order valence-electron chi connectivity index (χ2n) is 3.97. The van der Waals surface area contributed by atoms with Crippen LogP contribution in [-0.4, -0.2) is 12.0 Å². The Hall–Kier alpha value is -0.710. The molecule has 2 atom stereocenters. The Kier molecular flexibility index (Phi) is 4.31. The minimum Gasteiger partial charge on any atom is -0.312 e. The molecule has 0 radical (unpaired) electrons. The molecule has 2 aromatic heterocycles. The summed E-state index contributed by atoms with van der Waals surface area (Å²) in [6.45, 7) is 2.24. The molecule has 0 bridgehead atoms. The highest BCUT2D eigenvalue weighted by Gasteiger charge is 2.22. The van der Waals surface area contributed by atoms with E-state index >= 15 is 0 Å². The third-order valence-electron chi connectivity index (χ3n) is 2.97. The third-order valence-corrected chi connectivity index (χ3v) is 4.92. The lowest BCUT2D eigenvalue weighted by Crippen LogP contribution is -2.21. The van der Waals surface area contributed by atoms with Crippen molar-refractivity contribution in [3.05, 3.63) is 50.9 Å². The van der Waals surface area contributed by atoms with Crippen molar-refractivity contribution < 1.29 is 0 Å². The first-order valence-corrected chi connectivity index (χ1v) is 7.21. The van der Waals surface area contributed by atoms with Gasteiger partial charge in [0.15, 0.2) is 0 Å². The van der Waals surface area contributed by atoms with Crippen LogP contribution in [0, 0.1) is 0 Å². The standard InChI is InChI=1S/C13H15BrN2S/c1-9(10-3-6-16-7-4-10)12(15-2)13-11(14)5-8-17-13/h3-9,12,15H,1-2H3. The van der Waals surface area contributed by atoms with Gasteiger partial charge in [0.2, 0.25) is 0 Å². The molecule has 2 heterocycles. The van der Waals surface area contributed by atoms with E-state index in [1.54, 1.807) is 11.3 Å². The summed E-state index contributed by atoms with van der Waals surface area (Å²) in [5.41, 5.74) is 1.31. The monoisotopic (exact) mass is 310 g/mol. The van der Waals surface area contributed by atoms with Gasteiger partial charge in [-0.25, -0.2) is 0 Å². The maximum atomic E-state index is 4.07. The largest absolute Gasteiger partial charge is 0.312 e. The van der Waals surface area contributed by atoms with Gasteiger partial charge in [0.1, 0.15) is 0 Å². The number of rotatable bonds is 4. The summed E-state index contributed by atoms with van der Waals surface area (Å²) in [5, 5.41) is 5.52. The summed E-state index contributed by atoms with van der Waals surface area (Å²) in [6.07, 6.45) is 3.70. The Bertz CT molecular complexity index is 469. The van der Waals surface area contributed by atoms with E-state index < -0.39 is 0 Å². The second-order valence-corrected chi connectivity index (χ2v) is 5.77. The van der Waals surface area contributed by atoms with Crippen molar-refractivity contribution in [2.75, 3.05) is 7.05 Å². The van der Waals surface area contributed by atoms with E-state index in [0.29, 0.717) is 12.0 Å². The zero-order valence-electron chi connectivity index (χ0n) is 9.85. The van der Waals surface area contributed by atoms with Gasteiger partial charge in [-0.1, -0.05) is 6.92 Å². The van der Waals surface area contributed by atoms with Gasteiger partial charge in [-0.15, -0.1) is 11.3 Å². The second kappa shape index (κ2) is 5.76. The fourth-order valence-electron chi connectivity index (χ4n) is 1.99. The maximum Gasteiger partial charge on any atom is 0.0490 e. The van der Waals surface area contributed by atoms with Crippen LogP contribution in [-0.2, 0) is 0 Å². The number of hydrogen-bond donors (Lipinski definition) is 1. The Morgan fingerprint density at radius 2 is 2.00 bits per heavy atom. The van der Waals surface area contributed by atoms with E-state index in [4.69, 9.17) is 0 Å². The molecule has 0 fully saturated rings. The van der Waals surface area contributed by atoms with Gasteiger partial charge in [0, 0.05) is 33.7 Å². The van der Waals surface area contributed by atoms with Crippen molar-refractivity contribution in [3.63, 3.8) is 0 Å². The summed E-state index contributed by atoms with van der Waals surface area (Å²) >= 11 is 5.39. The molecule has 0 aliphatic rings. The molecule has 1 N–H and O–H groups in total. The third kappa shape index (κ3) is 2.76. The summed E-state index contributed by atoms with van der Waals surface area (Å²) in [7, 11) is 2.01. The van der Waals surface area contributed by atoms with E-state index in [1.165, 1.54) is 14.9 Å². The highest BCUT2D eigenvalue weighted by Crippen LogP contribution is 2.37. The molecular formula is C13H15BrN2S. The van der Waals surface area contributed by atoms with Crippen LogP contribution < -0.4 is 5.32 Å². The number of hydrogen-bond acceptors (Lipinski definition) is 3. The smallest absolute Gasteiger partial charge is 0.0490 e. The first-order valence-electron chi connectivity index (χ1n) is 5.54. The van der Waals surface area contributed by atoms with E-state index in [1.807, 2.05) is 19.4 Å². The van der Waals surface area contributed by atoms with Crippen LogP contribution >= 0.6 is 27.3 Å². The highest BCUT2D eigenvalue weighted by molar-refractivity contribution is 9.10. The van der Waals surface area contributed by atoms with Crippen molar-refractivity contribution in [1.82, 2.24) is 10.3 Å². The van der Waals surface area contributed by atoms with E-state index in [9.17, 15) is 0 Å². The van der Waals surface area contributed by atoms with Crippen LogP contribution in [0.15, 0.2) is 40.4 Å². The van der Waals surface area contributed by atoms with Crippen LogP contribution in [0.3, 0.4) is 0 Å². The first kappa shape index (κ1) is 12.7. The number of thiophene rings is 1. The molecule has 90 valence electrons. The van der Waals surface area contributed by atoms with E-state index in [0.717, 1.165) is 0 Å². The molecule has 2 nitrogen and oxygen atoms in total. The zero-order chi connectivity index (χ0) is 12.3. The molecule has 0 amide bonds. The molecule has 0 saturated carbocycles. The molecule has 0 aliphatic carbocycles. The average Bonchev–Trinajstić information content (AvgIpc) is 2.78. The highest BCUT2D eigenvalue weighted by atomic mass is 79.9. The van der Waals surface area contributed by atoms with Gasteiger partial charge in [-0.3, -0.25) is 4.98 Å². The van der Waals surface area contributed by atoms with Crippen molar-refractivity contribution in [3.8, 4) is 0 Å². The lowest BCUT2D eigenvalue weighted by Gasteiger charge is -2.23. The number of nitrogens with zero attached hydrogens (tertiary/aromatic N) is 1. The molecule has 0 aromatic carbocycles. The number of pyridine rings is 1. The fourth-order valence-corrected chi connectivity index (χ4v) is 3.83. The van der Waals surface area contributed by atoms with Crippen molar-refractivity contribution >= 4 is 27.3 Å². The molecular weight excluding hydrogens is 296 g/mol. The maximum absolute atomic E-state index is 4.07. The summed E-state index contributed by atoms with van der Waals surface area (Å²) < 4.78 is 1.18. The number of aromatic nitrogens is 1. The van der Waals surface area contributed by atoms with Crippen molar-refractivity contribution in [2.45, 2.75) is 18.9 Å². The van der Waals surface area contributed by atoms with Gasteiger partial charge in [-0.05, 0) is 52.1 Å². The summed E-state index contributed by atoms with van der Waals surface area (Å²) in [4.78, 5) is 5.41. The minimum absolute atomic E-state index is 0.326. The topological polar surface area (TPSA) is 24.9 Å². The molecule has 2 aromatic rings. The van der Waals surface area contributed by atoms with E-state index in [-0.39, 0.29) is 0 Å². The average molecular weight is 311 g/mol. The fraction of sp³-hybridized carbons (Fsp3) is 0.308. The van der Waals surface area contributed by atoms with Crippen LogP contribution in [0.25, 0.3) is 0 Å². The Morgan fingerprint density at radius 1 is 1.29 bits per heavy atom. The van der Waals surface area contributed by atoms with E-state index in [2.05, 4.69) is 56.7 Å². The zero-order valence-corrected chi connectivity index (χ0v) is 12.3. The number of nitrogens with one attached hydrogen (secondary N) is 1. The van der Waals surface area contributed by atoms with Crippen molar-refractivity contribution in [1.29, 1.82) is 0 Å². The van der Waals surface area contributed by atoms with Crippen LogP contribution in [0.1, 0.15) is 29.3 Å². The normalized spacial score (nSPS) is 14.5. The summed E-state index contributed by atoms with van der Waals surface area (Å²) in [5.74, 6) is 0.415. The van der Waals surface area contributed by atoms with Crippen LogP contribution in [0.2, 0.25) is 0 Å². The van der Waals surface area contributed by atoms with Gasteiger partial charge < -0.3 is 5.32 Å². The molecule has 2 rings (SSSR count). The molecule has 0 aliphatic heterocycles. The lowest BCUT2D eigenvalue weighted by atomic mass is 9.93. The predicted molar refractivity (Wildman–Crippen MR) is 76.5 cm³/mol.